The maximum atomic E-state index is 3.09. The summed E-state index contributed by atoms with van der Waals surface area (Å²) in [4.78, 5) is 0. The van der Waals surface area contributed by atoms with Crippen LogP contribution in [0.5, 0.6) is 0 Å². The lowest BCUT2D eigenvalue weighted by Gasteiger charge is -2.10. The molecule has 0 spiro atoms. The molecule has 0 fully saturated rings. The molecule has 0 aliphatic carbocycles. The van der Waals surface area contributed by atoms with E-state index in [1.54, 1.807) is 0 Å². The third-order valence-corrected chi connectivity index (χ3v) is 12.8. The highest BCUT2D eigenvalue weighted by molar-refractivity contribution is 5.79. The second-order valence-corrected chi connectivity index (χ2v) is 16.9. The summed E-state index contributed by atoms with van der Waals surface area (Å²) in [6.07, 6.45) is 0. The van der Waals surface area contributed by atoms with Gasteiger partial charge in [0.25, 0.3) is 0 Å². The van der Waals surface area contributed by atoms with E-state index in [0.717, 1.165) is 0 Å². The van der Waals surface area contributed by atoms with Crippen molar-refractivity contribution in [3.8, 4) is 111 Å². The maximum absolute atomic E-state index is 3.09. The van der Waals surface area contributed by atoms with Crippen LogP contribution in [0.2, 0.25) is 0 Å². The molecule has 309 valence electrons. The molecule has 66 heavy (non-hydrogen) atoms. The normalized spacial score (nSPS) is 11.0. The Kier molecular flexibility index (Phi) is 11.1. The smallest absolute Gasteiger partial charge is 0.0184 e. The predicted octanol–water partition coefficient (Wildman–Crippen LogP) is 18.2. The highest BCUT2D eigenvalue weighted by Gasteiger charge is 2.08. The molecule has 0 aliphatic heterocycles. The Morgan fingerprint density at radius 3 is 0.394 bits per heavy atom. The summed E-state index contributed by atoms with van der Waals surface area (Å²) in [6.45, 7) is 0. The molecule has 0 N–H and O–H groups in total. The zero-order valence-electron chi connectivity index (χ0n) is 36.5. The molecule has 0 amide bonds. The van der Waals surface area contributed by atoms with Crippen molar-refractivity contribution in [2.75, 3.05) is 0 Å². The van der Waals surface area contributed by atoms with Crippen molar-refractivity contribution in [3.63, 3.8) is 0 Å². The monoisotopic (exact) mass is 837 g/mol. The van der Waals surface area contributed by atoms with Crippen LogP contribution >= 0.6 is 0 Å². The lowest BCUT2D eigenvalue weighted by molar-refractivity contribution is 1.55. The van der Waals surface area contributed by atoms with E-state index in [2.05, 4.69) is 267 Å². The molecule has 0 aromatic heterocycles. The molecule has 0 unspecified atom stereocenters. The fourth-order valence-corrected chi connectivity index (χ4v) is 8.91. The molecule has 11 aromatic rings. The first-order valence-electron chi connectivity index (χ1n) is 22.6. The lowest BCUT2D eigenvalue weighted by Crippen LogP contribution is -1.84. The largest absolute Gasteiger partial charge is 0.0622 e. The van der Waals surface area contributed by atoms with E-state index in [-0.39, 0.29) is 0 Å². The summed E-state index contributed by atoms with van der Waals surface area (Å²) < 4.78 is 0. The average Bonchev–Trinajstić information content (AvgIpc) is 3.42. The number of rotatable bonds is 10. The van der Waals surface area contributed by atoms with Gasteiger partial charge in [0.1, 0.15) is 0 Å². The Balaban J connectivity index is 0.697. The second-order valence-electron chi connectivity index (χ2n) is 16.9. The van der Waals surface area contributed by atoms with Crippen LogP contribution in [0.15, 0.2) is 273 Å². The summed E-state index contributed by atoms with van der Waals surface area (Å²) in [6, 6.07) is 102. The number of benzene rings is 11. The Hall–Kier alpha value is -8.58. The first-order chi connectivity index (χ1) is 32.7. The van der Waals surface area contributed by atoms with Gasteiger partial charge in [0, 0.05) is 0 Å². The third-order valence-electron chi connectivity index (χ3n) is 12.8. The minimum absolute atomic E-state index is 1.21. The fraction of sp³-hybridized carbons (Fsp3) is 0. The molecule has 0 bridgehead atoms. The standard InChI is InChI=1S/C66H45/c1-3-7-47(8-4-1)49-11-15-51(16-12-49)53-19-23-55(24-20-53)57-27-31-59(32-28-57)61-35-39-63(40-36-61)65-43-45-66(46-44-65)64-41-37-62(38-42-64)60-33-29-58(30-34-60)56-25-21-54(22-26-56)52-17-13-50(14-18-52)48-9-5-2-6-10-48/h1,3-46H. The molecule has 0 nitrogen and oxygen atoms in total. The minimum atomic E-state index is 1.21. The van der Waals surface area contributed by atoms with Gasteiger partial charge in [0.15, 0.2) is 0 Å². The summed E-state index contributed by atoms with van der Waals surface area (Å²) in [7, 11) is 0. The van der Waals surface area contributed by atoms with Crippen LogP contribution < -0.4 is 0 Å². The van der Waals surface area contributed by atoms with E-state index in [4.69, 9.17) is 0 Å². The molecule has 11 aromatic carbocycles. The van der Waals surface area contributed by atoms with E-state index in [1.165, 1.54) is 111 Å². The Bertz CT molecular complexity index is 3080. The van der Waals surface area contributed by atoms with Crippen molar-refractivity contribution < 1.29 is 0 Å². The molecule has 0 aliphatic rings. The minimum Gasteiger partial charge on any atom is -0.0622 e. The van der Waals surface area contributed by atoms with Crippen LogP contribution in [0.1, 0.15) is 0 Å². The summed E-state index contributed by atoms with van der Waals surface area (Å²) in [5, 5.41) is 0. The second kappa shape index (κ2) is 18.3. The van der Waals surface area contributed by atoms with Gasteiger partial charge in [0.2, 0.25) is 0 Å². The zero-order valence-corrected chi connectivity index (χ0v) is 36.5. The third kappa shape index (κ3) is 8.69. The van der Waals surface area contributed by atoms with Crippen molar-refractivity contribution in [1.82, 2.24) is 0 Å². The van der Waals surface area contributed by atoms with Gasteiger partial charge < -0.3 is 0 Å². The van der Waals surface area contributed by atoms with Gasteiger partial charge in [-0.1, -0.05) is 273 Å². The fourth-order valence-electron chi connectivity index (χ4n) is 8.91. The number of hydrogen-bond acceptors (Lipinski definition) is 0. The van der Waals surface area contributed by atoms with Crippen LogP contribution in [0.4, 0.5) is 0 Å². The molecule has 0 saturated carbocycles. The van der Waals surface area contributed by atoms with Crippen LogP contribution in [0.25, 0.3) is 111 Å². The molecule has 0 atom stereocenters. The van der Waals surface area contributed by atoms with Gasteiger partial charge in [-0.25, -0.2) is 0 Å². The van der Waals surface area contributed by atoms with Gasteiger partial charge in [0.05, 0.1) is 0 Å². The molecular formula is C66H45. The molecule has 0 saturated heterocycles. The molecule has 0 heterocycles. The molecule has 0 heteroatoms. The van der Waals surface area contributed by atoms with Crippen LogP contribution in [-0.4, -0.2) is 0 Å². The van der Waals surface area contributed by atoms with E-state index in [1.807, 2.05) is 12.1 Å². The summed E-state index contributed by atoms with van der Waals surface area (Å²) in [5.41, 5.74) is 24.3. The molecule has 1 radical (unpaired) electrons. The van der Waals surface area contributed by atoms with E-state index < -0.39 is 0 Å². The molecule has 11 rings (SSSR count). The van der Waals surface area contributed by atoms with Gasteiger partial charge in [-0.2, -0.15) is 0 Å². The highest BCUT2D eigenvalue weighted by atomic mass is 14.1. The Labute approximate surface area is 388 Å². The van der Waals surface area contributed by atoms with Crippen molar-refractivity contribution in [1.29, 1.82) is 0 Å². The van der Waals surface area contributed by atoms with Gasteiger partial charge in [-0.05, 0) is 117 Å². The van der Waals surface area contributed by atoms with Crippen molar-refractivity contribution in [2.24, 2.45) is 0 Å². The van der Waals surface area contributed by atoms with Gasteiger partial charge >= 0.3 is 0 Å². The first-order valence-corrected chi connectivity index (χ1v) is 22.6. The van der Waals surface area contributed by atoms with Crippen LogP contribution in [-0.2, 0) is 0 Å². The van der Waals surface area contributed by atoms with Crippen molar-refractivity contribution in [3.05, 3.63) is 279 Å². The number of hydrogen-bond donors (Lipinski definition) is 0. The van der Waals surface area contributed by atoms with E-state index >= 15 is 0 Å². The van der Waals surface area contributed by atoms with E-state index in [9.17, 15) is 0 Å². The maximum Gasteiger partial charge on any atom is -0.0184 e. The summed E-state index contributed by atoms with van der Waals surface area (Å²) in [5.74, 6) is 0. The molecular weight excluding hydrogens is 793 g/mol. The lowest BCUT2D eigenvalue weighted by atomic mass is 9.95. The van der Waals surface area contributed by atoms with Crippen molar-refractivity contribution in [2.45, 2.75) is 0 Å². The van der Waals surface area contributed by atoms with Gasteiger partial charge in [-0.15, -0.1) is 0 Å². The zero-order chi connectivity index (χ0) is 44.1. The average molecular weight is 838 g/mol. The topological polar surface area (TPSA) is 0 Å². The predicted molar refractivity (Wildman–Crippen MR) is 280 cm³/mol. The van der Waals surface area contributed by atoms with Gasteiger partial charge in [-0.3, -0.25) is 0 Å². The SMILES string of the molecule is [c]1ccc(-c2ccc(-c3ccc(-c4ccc(-c5ccc(-c6ccc(-c7ccc(-c8ccc(-c9ccc(-c%10ccc(-c%11ccccc%11)cc%10)cc9)cc8)cc7)cc6)cc5)cc4)cc3)cc2)cc1. The Morgan fingerprint density at radius 2 is 0.242 bits per heavy atom. The first kappa shape index (κ1) is 40.2. The van der Waals surface area contributed by atoms with Crippen LogP contribution in [0, 0.1) is 6.07 Å². The van der Waals surface area contributed by atoms with E-state index in [0.29, 0.717) is 0 Å². The Morgan fingerprint density at radius 1 is 0.121 bits per heavy atom. The highest BCUT2D eigenvalue weighted by Crippen LogP contribution is 2.33. The quantitative estimate of drug-likeness (QED) is 0.129. The van der Waals surface area contributed by atoms with Crippen LogP contribution in [0.3, 0.4) is 0 Å². The summed E-state index contributed by atoms with van der Waals surface area (Å²) >= 11 is 0. The van der Waals surface area contributed by atoms with Crippen molar-refractivity contribution >= 4 is 0 Å².